The number of fused-ring (bicyclic) bond motifs is 1. The number of methoxy groups -OCH3 is 1. The van der Waals surface area contributed by atoms with Gasteiger partial charge in [-0.25, -0.2) is 4.98 Å². The van der Waals surface area contributed by atoms with Gasteiger partial charge < -0.3 is 10.1 Å². The van der Waals surface area contributed by atoms with Gasteiger partial charge in [0, 0.05) is 18.3 Å². The van der Waals surface area contributed by atoms with Crippen molar-refractivity contribution in [2.24, 2.45) is 0 Å². The van der Waals surface area contributed by atoms with E-state index in [2.05, 4.69) is 46.0 Å². The van der Waals surface area contributed by atoms with Crippen molar-refractivity contribution >= 4 is 28.9 Å². The van der Waals surface area contributed by atoms with Crippen LogP contribution >= 0.6 is 23.1 Å². The molecule has 0 amide bonds. The molecule has 2 aromatic heterocycles. The van der Waals surface area contributed by atoms with Gasteiger partial charge in [-0.15, -0.1) is 23.1 Å². The van der Waals surface area contributed by atoms with E-state index in [0.717, 1.165) is 18.1 Å². The average Bonchev–Trinajstić information content (AvgIpc) is 3.25. The molecule has 1 unspecified atom stereocenters. The molecule has 23 heavy (non-hydrogen) atoms. The largest absolute Gasteiger partial charge is 0.497 e. The fraction of sp³-hybridized carbons (Fsp3) is 0.167. The Bertz CT molecular complexity index is 818. The maximum Gasteiger partial charge on any atom is 0.131 e. The van der Waals surface area contributed by atoms with Gasteiger partial charge in [0.1, 0.15) is 11.6 Å². The van der Waals surface area contributed by atoms with Gasteiger partial charge in [-0.1, -0.05) is 18.2 Å². The number of rotatable bonds is 4. The molecule has 3 nitrogen and oxygen atoms in total. The number of benzene rings is 1. The molecule has 0 radical (unpaired) electrons. The van der Waals surface area contributed by atoms with Gasteiger partial charge in [-0.3, -0.25) is 0 Å². The SMILES string of the molecule is COc1cccc(-c2ccnc3c2C(Sc2cccs2)CN3)c1. The number of hydrogen-bond acceptors (Lipinski definition) is 5. The van der Waals surface area contributed by atoms with Crippen molar-refractivity contribution in [3.63, 3.8) is 0 Å². The average molecular weight is 340 g/mol. The molecular formula is C18H16N2OS2. The smallest absolute Gasteiger partial charge is 0.131 e. The van der Waals surface area contributed by atoms with Crippen LogP contribution in [0.1, 0.15) is 10.8 Å². The van der Waals surface area contributed by atoms with Crippen molar-refractivity contribution in [3.05, 3.63) is 59.6 Å². The molecule has 116 valence electrons. The summed E-state index contributed by atoms with van der Waals surface area (Å²) in [6.45, 7) is 0.909. The summed E-state index contributed by atoms with van der Waals surface area (Å²) < 4.78 is 6.71. The van der Waals surface area contributed by atoms with Crippen molar-refractivity contribution in [2.45, 2.75) is 9.46 Å². The topological polar surface area (TPSA) is 34.1 Å². The highest BCUT2D eigenvalue weighted by Crippen LogP contribution is 2.47. The van der Waals surface area contributed by atoms with Crippen molar-refractivity contribution in [1.82, 2.24) is 4.98 Å². The minimum absolute atomic E-state index is 0.374. The van der Waals surface area contributed by atoms with E-state index in [4.69, 9.17) is 4.74 Å². The van der Waals surface area contributed by atoms with E-state index in [0.29, 0.717) is 5.25 Å². The number of ether oxygens (including phenoxy) is 1. The molecule has 1 atom stereocenters. The van der Waals surface area contributed by atoms with E-state index in [1.807, 2.05) is 30.1 Å². The molecular weight excluding hydrogens is 324 g/mol. The third-order valence-electron chi connectivity index (χ3n) is 3.90. The molecule has 1 aliphatic heterocycles. The zero-order valence-electron chi connectivity index (χ0n) is 12.7. The first kappa shape index (κ1) is 14.6. The lowest BCUT2D eigenvalue weighted by atomic mass is 10.00. The Morgan fingerprint density at radius 3 is 3.04 bits per heavy atom. The molecule has 0 spiro atoms. The van der Waals surface area contributed by atoms with E-state index in [9.17, 15) is 0 Å². The lowest BCUT2D eigenvalue weighted by Crippen LogP contribution is -1.97. The normalized spacial score (nSPS) is 16.0. The molecule has 0 aliphatic carbocycles. The number of thiophene rings is 1. The number of thioether (sulfide) groups is 1. The molecule has 4 rings (SSSR count). The van der Waals surface area contributed by atoms with Gasteiger partial charge in [0.15, 0.2) is 0 Å². The second kappa shape index (κ2) is 6.26. The summed E-state index contributed by atoms with van der Waals surface area (Å²) in [5, 5.41) is 5.94. The van der Waals surface area contributed by atoms with Crippen LogP contribution in [0.2, 0.25) is 0 Å². The van der Waals surface area contributed by atoms with Gasteiger partial charge >= 0.3 is 0 Å². The zero-order valence-corrected chi connectivity index (χ0v) is 14.3. The predicted octanol–water partition coefficient (Wildman–Crippen LogP) is 5.08. The van der Waals surface area contributed by atoms with Crippen LogP contribution in [0.25, 0.3) is 11.1 Å². The Morgan fingerprint density at radius 2 is 2.22 bits per heavy atom. The maximum absolute atomic E-state index is 5.37. The molecule has 5 heteroatoms. The Hall–Kier alpha value is -1.98. The van der Waals surface area contributed by atoms with Crippen molar-refractivity contribution in [1.29, 1.82) is 0 Å². The third kappa shape index (κ3) is 2.82. The molecule has 1 N–H and O–H groups in total. The quantitative estimate of drug-likeness (QED) is 0.718. The monoisotopic (exact) mass is 340 g/mol. The van der Waals surface area contributed by atoms with Crippen molar-refractivity contribution in [2.75, 3.05) is 19.0 Å². The van der Waals surface area contributed by atoms with Crippen LogP contribution < -0.4 is 10.1 Å². The summed E-state index contributed by atoms with van der Waals surface area (Å²) in [5.74, 6) is 1.88. The maximum atomic E-state index is 5.37. The summed E-state index contributed by atoms with van der Waals surface area (Å²) in [6, 6.07) is 14.6. The number of nitrogens with one attached hydrogen (secondary N) is 1. The van der Waals surface area contributed by atoms with E-state index in [1.165, 1.54) is 20.9 Å². The highest BCUT2D eigenvalue weighted by Gasteiger charge is 2.28. The molecule has 3 aromatic rings. The molecule has 0 saturated carbocycles. The van der Waals surface area contributed by atoms with Gasteiger partial charge in [0.2, 0.25) is 0 Å². The fourth-order valence-electron chi connectivity index (χ4n) is 2.85. The number of pyridine rings is 1. The molecule has 1 aliphatic rings. The van der Waals surface area contributed by atoms with Crippen LogP contribution in [0, 0.1) is 0 Å². The number of aromatic nitrogens is 1. The lowest BCUT2D eigenvalue weighted by Gasteiger charge is -2.14. The Labute approximate surface area is 143 Å². The highest BCUT2D eigenvalue weighted by atomic mass is 32.2. The van der Waals surface area contributed by atoms with E-state index < -0.39 is 0 Å². The van der Waals surface area contributed by atoms with E-state index in [1.54, 1.807) is 18.4 Å². The Balaban J connectivity index is 1.76. The first-order valence-corrected chi connectivity index (χ1v) is 9.18. The van der Waals surface area contributed by atoms with Crippen molar-refractivity contribution < 1.29 is 4.74 Å². The molecule has 0 fully saturated rings. The predicted molar refractivity (Wildman–Crippen MR) is 97.6 cm³/mol. The molecule has 0 saturated heterocycles. The molecule has 3 heterocycles. The standard InChI is InChI=1S/C18H16N2OS2/c1-21-13-5-2-4-12(10-13)14-7-8-19-18-17(14)15(11-20-18)23-16-6-3-9-22-16/h2-10,15H,11H2,1H3,(H,19,20). The van der Waals surface area contributed by atoms with Crippen LogP contribution in [0.4, 0.5) is 5.82 Å². The fourth-order valence-corrected chi connectivity index (χ4v) is 4.99. The summed E-state index contributed by atoms with van der Waals surface area (Å²) >= 11 is 3.69. The Morgan fingerprint density at radius 1 is 1.26 bits per heavy atom. The second-order valence-electron chi connectivity index (χ2n) is 5.27. The molecule has 1 aromatic carbocycles. The minimum Gasteiger partial charge on any atom is -0.497 e. The van der Waals surface area contributed by atoms with E-state index in [-0.39, 0.29) is 0 Å². The third-order valence-corrected chi connectivity index (χ3v) is 6.20. The summed E-state index contributed by atoms with van der Waals surface area (Å²) in [6.07, 6.45) is 1.87. The second-order valence-corrected chi connectivity index (χ2v) is 7.72. The van der Waals surface area contributed by atoms with Crippen LogP contribution in [0.5, 0.6) is 5.75 Å². The van der Waals surface area contributed by atoms with E-state index >= 15 is 0 Å². The van der Waals surface area contributed by atoms with Crippen LogP contribution in [0.3, 0.4) is 0 Å². The lowest BCUT2D eigenvalue weighted by molar-refractivity contribution is 0.415. The zero-order chi connectivity index (χ0) is 15.6. The minimum atomic E-state index is 0.374. The highest BCUT2D eigenvalue weighted by molar-refractivity contribution is 8.01. The first-order chi connectivity index (χ1) is 11.3. The summed E-state index contributed by atoms with van der Waals surface area (Å²) in [4.78, 5) is 4.52. The van der Waals surface area contributed by atoms with Crippen LogP contribution in [0.15, 0.2) is 58.3 Å². The van der Waals surface area contributed by atoms with Gasteiger partial charge in [0.05, 0.1) is 16.6 Å². The summed E-state index contributed by atoms with van der Waals surface area (Å²) in [5.41, 5.74) is 3.69. The number of nitrogens with zero attached hydrogens (tertiary/aromatic N) is 1. The number of anilines is 1. The number of hydrogen-bond donors (Lipinski definition) is 1. The van der Waals surface area contributed by atoms with Crippen LogP contribution in [-0.4, -0.2) is 18.6 Å². The Kier molecular flexibility index (Phi) is 3.97. The van der Waals surface area contributed by atoms with Crippen LogP contribution in [-0.2, 0) is 0 Å². The molecule has 0 bridgehead atoms. The summed E-state index contributed by atoms with van der Waals surface area (Å²) in [7, 11) is 1.70. The van der Waals surface area contributed by atoms with Gasteiger partial charge in [-0.05, 0) is 40.8 Å². The van der Waals surface area contributed by atoms with Crippen molar-refractivity contribution in [3.8, 4) is 16.9 Å². The van der Waals surface area contributed by atoms with Gasteiger partial charge in [-0.2, -0.15) is 0 Å². The first-order valence-electron chi connectivity index (χ1n) is 7.42. The van der Waals surface area contributed by atoms with Gasteiger partial charge in [0.25, 0.3) is 0 Å².